The van der Waals surface area contributed by atoms with Gasteiger partial charge in [-0.2, -0.15) is 0 Å². The van der Waals surface area contributed by atoms with E-state index in [4.69, 9.17) is 28.4 Å². The van der Waals surface area contributed by atoms with E-state index >= 15 is 0 Å². The molecule has 3 rings (SSSR count). The lowest BCUT2D eigenvalue weighted by Crippen LogP contribution is -2.38. The van der Waals surface area contributed by atoms with E-state index in [0.29, 0.717) is 16.9 Å². The van der Waals surface area contributed by atoms with E-state index in [9.17, 15) is 24.2 Å². The van der Waals surface area contributed by atoms with Gasteiger partial charge in [-0.15, -0.1) is 0 Å². The van der Waals surface area contributed by atoms with Crippen molar-refractivity contribution >= 4 is 18.0 Å². The topological polar surface area (TPSA) is 130 Å². The summed E-state index contributed by atoms with van der Waals surface area (Å²) in [5, 5.41) is 19.8. The predicted molar refractivity (Wildman–Crippen MR) is 156 cm³/mol. The second-order valence-electron chi connectivity index (χ2n) is 10.6. The van der Waals surface area contributed by atoms with Crippen molar-refractivity contribution < 1.29 is 52.6 Å². The van der Waals surface area contributed by atoms with Crippen LogP contribution < -0.4 is 9.47 Å². The molecule has 0 amide bonds. The summed E-state index contributed by atoms with van der Waals surface area (Å²) in [4.78, 5) is 25.1. The van der Waals surface area contributed by atoms with Crippen molar-refractivity contribution in [1.29, 1.82) is 0 Å². The fourth-order valence-corrected chi connectivity index (χ4v) is 4.38. The molecule has 1 aliphatic rings. The summed E-state index contributed by atoms with van der Waals surface area (Å²) in [7, 11) is 2.87. The molecule has 1 heterocycles. The highest BCUT2D eigenvalue weighted by Gasteiger charge is 2.45. The predicted octanol–water partition coefficient (Wildman–Crippen LogP) is 5.19. The van der Waals surface area contributed by atoms with E-state index in [0.717, 1.165) is 6.08 Å². The highest BCUT2D eigenvalue weighted by atomic mass is 19.1. The molecule has 0 radical (unpaired) electrons. The van der Waals surface area contributed by atoms with Gasteiger partial charge in [-0.1, -0.05) is 30.4 Å². The molecule has 2 N–H and O–H groups in total. The molecule has 0 aromatic heterocycles. The van der Waals surface area contributed by atoms with Crippen molar-refractivity contribution in [3.8, 4) is 11.5 Å². The summed E-state index contributed by atoms with van der Waals surface area (Å²) < 4.78 is 48.7. The zero-order valence-corrected chi connectivity index (χ0v) is 25.1. The van der Waals surface area contributed by atoms with E-state index < -0.39 is 47.8 Å². The summed E-state index contributed by atoms with van der Waals surface area (Å²) >= 11 is 0. The third-order valence-corrected chi connectivity index (χ3v) is 6.78. The van der Waals surface area contributed by atoms with Crippen molar-refractivity contribution in [2.24, 2.45) is 0 Å². The first kappa shape index (κ1) is 33.7. The van der Waals surface area contributed by atoms with Gasteiger partial charge in [0, 0.05) is 13.2 Å². The standard InChI is InChI=1S/C32H39FO10/c1-20(34)32(4,33)16-15-24(41-30(37)21-11-8-7-9-12-21)28-25(42-31(2,3)43-28)14-10-13-22-17-23(39-6)18-26(40-19-38-5)27(22)29(35)36/h7-13,15-18,20,24-25,28,34H,14,19H2,1-6H3,(H,35,36)/b13-10+,16-15-/t20?,24?,25-,28?,32?/m0/s1. The number of carbonyl (C=O) groups is 2. The highest BCUT2D eigenvalue weighted by molar-refractivity contribution is 5.95. The van der Waals surface area contributed by atoms with E-state index in [1.807, 2.05) is 0 Å². The minimum atomic E-state index is -2.11. The molecule has 234 valence electrons. The number of esters is 1. The number of alkyl halides is 1. The van der Waals surface area contributed by atoms with Crippen LogP contribution in [-0.2, 0) is 18.9 Å². The Labute approximate surface area is 250 Å². The Kier molecular flexibility index (Phi) is 11.5. The van der Waals surface area contributed by atoms with Gasteiger partial charge < -0.3 is 38.6 Å². The number of hydrogen-bond donors (Lipinski definition) is 2. The molecule has 1 saturated heterocycles. The summed E-state index contributed by atoms with van der Waals surface area (Å²) in [6.07, 6.45) is 1.99. The van der Waals surface area contributed by atoms with E-state index in [1.165, 1.54) is 40.2 Å². The van der Waals surface area contributed by atoms with Crippen LogP contribution in [0, 0.1) is 0 Å². The number of ether oxygens (including phenoxy) is 6. The normalized spacial score (nSPS) is 20.9. The Morgan fingerprint density at radius 3 is 2.47 bits per heavy atom. The number of carboxylic acid groups (broad SMARTS) is 1. The van der Waals surface area contributed by atoms with Crippen molar-refractivity contribution in [2.75, 3.05) is 21.0 Å². The molecular weight excluding hydrogens is 563 g/mol. The van der Waals surface area contributed by atoms with Crippen LogP contribution in [0.15, 0.2) is 60.7 Å². The Balaban J connectivity index is 1.94. The van der Waals surface area contributed by atoms with Gasteiger partial charge in [0.1, 0.15) is 29.3 Å². The van der Waals surface area contributed by atoms with E-state index in [-0.39, 0.29) is 24.5 Å². The fourth-order valence-electron chi connectivity index (χ4n) is 4.38. The van der Waals surface area contributed by atoms with Crippen LogP contribution in [-0.4, -0.2) is 79.0 Å². The van der Waals surface area contributed by atoms with Gasteiger partial charge in [0.05, 0.1) is 24.9 Å². The molecule has 2 aromatic rings. The third kappa shape index (κ3) is 9.11. The van der Waals surface area contributed by atoms with Crippen molar-refractivity contribution in [2.45, 2.75) is 70.0 Å². The summed E-state index contributed by atoms with van der Waals surface area (Å²) in [6, 6.07) is 11.3. The third-order valence-electron chi connectivity index (χ3n) is 6.78. The summed E-state index contributed by atoms with van der Waals surface area (Å²) in [5.74, 6) is -2.50. The van der Waals surface area contributed by atoms with Crippen LogP contribution in [0.2, 0.25) is 0 Å². The molecule has 11 heteroatoms. The molecule has 0 aliphatic carbocycles. The molecule has 10 nitrogen and oxygen atoms in total. The van der Waals surface area contributed by atoms with Crippen LogP contribution in [0.25, 0.3) is 6.08 Å². The second-order valence-corrected chi connectivity index (χ2v) is 10.6. The maximum Gasteiger partial charge on any atom is 0.340 e. The largest absolute Gasteiger partial charge is 0.497 e. The van der Waals surface area contributed by atoms with Gasteiger partial charge in [-0.25, -0.2) is 14.0 Å². The molecule has 43 heavy (non-hydrogen) atoms. The molecule has 2 aromatic carbocycles. The molecule has 1 fully saturated rings. The van der Waals surface area contributed by atoms with Crippen LogP contribution in [0.4, 0.5) is 4.39 Å². The number of aromatic carboxylic acids is 1. The first-order valence-electron chi connectivity index (χ1n) is 13.7. The monoisotopic (exact) mass is 602 g/mol. The first-order valence-corrected chi connectivity index (χ1v) is 13.7. The average Bonchev–Trinajstić information content (AvgIpc) is 3.27. The maximum absolute atomic E-state index is 15.0. The van der Waals surface area contributed by atoms with E-state index in [1.54, 1.807) is 62.4 Å². The van der Waals surface area contributed by atoms with Gasteiger partial charge >= 0.3 is 11.9 Å². The minimum absolute atomic E-state index is 0.0678. The maximum atomic E-state index is 15.0. The van der Waals surface area contributed by atoms with Gasteiger partial charge in [0.2, 0.25) is 0 Å². The van der Waals surface area contributed by atoms with Crippen LogP contribution in [0.5, 0.6) is 11.5 Å². The van der Waals surface area contributed by atoms with Gasteiger partial charge in [0.25, 0.3) is 0 Å². The number of carboxylic acids is 1. The molecule has 0 saturated carbocycles. The number of hydrogen-bond acceptors (Lipinski definition) is 9. The SMILES string of the molecule is COCOc1cc(OC)cc(/C=C/C[C@@H]2OC(C)(C)OC2C(/C=C\C(C)(F)C(C)O)OC(=O)c2ccccc2)c1C(=O)O. The van der Waals surface area contributed by atoms with Crippen LogP contribution in [0.3, 0.4) is 0 Å². The Morgan fingerprint density at radius 1 is 1.16 bits per heavy atom. The van der Waals surface area contributed by atoms with Crippen LogP contribution in [0.1, 0.15) is 60.4 Å². The van der Waals surface area contributed by atoms with Gasteiger partial charge in [-0.05, 0) is 70.0 Å². The molecule has 0 spiro atoms. The molecule has 1 aliphatic heterocycles. The molecule has 0 bridgehead atoms. The lowest BCUT2D eigenvalue weighted by molar-refractivity contribution is -0.152. The fraction of sp³-hybridized carbons (Fsp3) is 0.438. The zero-order chi connectivity index (χ0) is 31.8. The number of aliphatic hydroxyl groups excluding tert-OH is 1. The molecular formula is C32H39FO10. The minimum Gasteiger partial charge on any atom is -0.497 e. The smallest absolute Gasteiger partial charge is 0.340 e. The average molecular weight is 603 g/mol. The second kappa shape index (κ2) is 14.6. The number of halogens is 1. The summed E-state index contributed by atoms with van der Waals surface area (Å²) in [5.41, 5.74) is -1.60. The van der Waals surface area contributed by atoms with Crippen molar-refractivity contribution in [3.63, 3.8) is 0 Å². The number of rotatable bonds is 14. The van der Waals surface area contributed by atoms with Crippen molar-refractivity contribution in [3.05, 3.63) is 77.4 Å². The van der Waals surface area contributed by atoms with Crippen molar-refractivity contribution in [1.82, 2.24) is 0 Å². The lowest BCUT2D eigenvalue weighted by Gasteiger charge is -2.26. The van der Waals surface area contributed by atoms with Crippen LogP contribution >= 0.6 is 0 Å². The Hall–Kier alpha value is -3.77. The number of carbonyl (C=O) groups excluding carboxylic acids is 1. The number of aliphatic hydroxyl groups is 1. The highest BCUT2D eigenvalue weighted by Crippen LogP contribution is 2.35. The summed E-state index contributed by atoms with van der Waals surface area (Å²) in [6.45, 7) is 5.76. The Morgan fingerprint density at radius 2 is 1.86 bits per heavy atom. The number of benzene rings is 2. The van der Waals surface area contributed by atoms with Gasteiger partial charge in [-0.3, -0.25) is 0 Å². The lowest BCUT2D eigenvalue weighted by atomic mass is 9.98. The number of methoxy groups -OCH3 is 2. The van der Waals surface area contributed by atoms with Gasteiger partial charge in [0.15, 0.2) is 18.2 Å². The zero-order valence-electron chi connectivity index (χ0n) is 25.1. The quantitative estimate of drug-likeness (QED) is 0.169. The molecule has 5 atom stereocenters. The Bertz CT molecular complexity index is 1300. The van der Waals surface area contributed by atoms with E-state index in [2.05, 4.69) is 0 Å². The molecule has 4 unspecified atom stereocenters. The first-order chi connectivity index (χ1) is 20.3.